The van der Waals surface area contributed by atoms with Crippen LogP contribution in [-0.4, -0.2) is 56.6 Å². The Labute approximate surface area is 146 Å². The molecule has 1 unspecified atom stereocenters. The van der Waals surface area contributed by atoms with Crippen molar-refractivity contribution in [3.05, 3.63) is 23.8 Å². The van der Waals surface area contributed by atoms with E-state index in [1.807, 2.05) is 0 Å². The van der Waals surface area contributed by atoms with Gasteiger partial charge in [0, 0.05) is 13.1 Å². The van der Waals surface area contributed by atoms with Gasteiger partial charge in [-0.1, -0.05) is 0 Å². The number of nitrogens with zero attached hydrogens (tertiary/aromatic N) is 1. The number of rotatable bonds is 6. The SMILES string of the molecule is CCOC(=O)c1ccc(OC)c(S(=O)(=O)N2CCCC(C(=O)O)C2)c1. The fourth-order valence-corrected chi connectivity index (χ4v) is 4.43. The molecule has 1 aliphatic rings. The summed E-state index contributed by atoms with van der Waals surface area (Å²) in [4.78, 5) is 22.9. The van der Waals surface area contributed by atoms with Crippen molar-refractivity contribution in [1.29, 1.82) is 0 Å². The lowest BCUT2D eigenvalue weighted by atomic mass is 10.0. The molecule has 1 atom stereocenters. The van der Waals surface area contributed by atoms with Crippen LogP contribution in [0.5, 0.6) is 5.75 Å². The fourth-order valence-electron chi connectivity index (χ4n) is 2.72. The first kappa shape index (κ1) is 19.2. The maximum absolute atomic E-state index is 13.0. The van der Waals surface area contributed by atoms with Gasteiger partial charge < -0.3 is 14.6 Å². The number of carbonyl (C=O) groups is 2. The minimum absolute atomic E-state index is 0.0884. The van der Waals surface area contributed by atoms with Gasteiger partial charge in [0.05, 0.1) is 25.2 Å². The number of methoxy groups -OCH3 is 1. The van der Waals surface area contributed by atoms with Crippen molar-refractivity contribution in [2.75, 3.05) is 26.8 Å². The van der Waals surface area contributed by atoms with E-state index in [1.165, 1.54) is 25.3 Å². The van der Waals surface area contributed by atoms with Crippen molar-refractivity contribution in [2.45, 2.75) is 24.7 Å². The lowest BCUT2D eigenvalue weighted by Gasteiger charge is -2.30. The van der Waals surface area contributed by atoms with E-state index in [0.717, 1.165) is 4.31 Å². The number of carboxylic acid groups (broad SMARTS) is 1. The Morgan fingerprint density at radius 3 is 2.68 bits per heavy atom. The Balaban J connectivity index is 2.41. The summed E-state index contributed by atoms with van der Waals surface area (Å²) in [6.07, 6.45) is 0.886. The zero-order valence-corrected chi connectivity index (χ0v) is 14.9. The van der Waals surface area contributed by atoms with Gasteiger partial charge in [0.15, 0.2) is 0 Å². The molecule has 0 amide bonds. The average molecular weight is 371 g/mol. The molecule has 138 valence electrons. The molecular formula is C16H21NO7S. The van der Waals surface area contributed by atoms with Crippen LogP contribution in [0.25, 0.3) is 0 Å². The molecule has 1 aliphatic heterocycles. The Morgan fingerprint density at radius 2 is 2.08 bits per heavy atom. The van der Waals surface area contributed by atoms with Crippen LogP contribution in [0.3, 0.4) is 0 Å². The number of esters is 1. The standard InChI is InChI=1S/C16H21NO7S/c1-3-24-16(20)11-6-7-13(23-2)14(9-11)25(21,22)17-8-4-5-12(10-17)15(18)19/h6-7,9,12H,3-5,8,10H2,1-2H3,(H,18,19). The number of carbonyl (C=O) groups excluding carboxylic acids is 1. The van der Waals surface area contributed by atoms with Gasteiger partial charge in [-0.25, -0.2) is 13.2 Å². The van der Waals surface area contributed by atoms with Gasteiger partial charge in [-0.05, 0) is 38.0 Å². The molecule has 0 aliphatic carbocycles. The summed E-state index contributed by atoms with van der Waals surface area (Å²) < 4.78 is 37.1. The third-order valence-electron chi connectivity index (χ3n) is 4.03. The topological polar surface area (TPSA) is 110 Å². The first-order chi connectivity index (χ1) is 11.8. The summed E-state index contributed by atoms with van der Waals surface area (Å²) in [5, 5.41) is 9.16. The van der Waals surface area contributed by atoms with Crippen LogP contribution in [0, 0.1) is 5.92 Å². The van der Waals surface area contributed by atoms with Crippen LogP contribution in [-0.2, 0) is 19.6 Å². The van der Waals surface area contributed by atoms with Crippen molar-refractivity contribution in [3.8, 4) is 5.75 Å². The third kappa shape index (κ3) is 4.10. The summed E-state index contributed by atoms with van der Waals surface area (Å²) >= 11 is 0. The minimum Gasteiger partial charge on any atom is -0.495 e. The largest absolute Gasteiger partial charge is 0.495 e. The number of benzene rings is 1. The van der Waals surface area contributed by atoms with Gasteiger partial charge >= 0.3 is 11.9 Å². The molecule has 0 radical (unpaired) electrons. The molecule has 1 saturated heterocycles. The highest BCUT2D eigenvalue weighted by Gasteiger charge is 2.35. The Hall–Kier alpha value is -2.13. The van der Waals surface area contributed by atoms with E-state index in [9.17, 15) is 18.0 Å². The van der Waals surface area contributed by atoms with Gasteiger partial charge in [-0.2, -0.15) is 4.31 Å². The van der Waals surface area contributed by atoms with E-state index in [2.05, 4.69) is 0 Å². The molecule has 0 saturated carbocycles. The number of piperidine rings is 1. The van der Waals surface area contributed by atoms with E-state index in [0.29, 0.717) is 12.8 Å². The van der Waals surface area contributed by atoms with Gasteiger partial charge in [0.2, 0.25) is 10.0 Å². The molecule has 2 rings (SSSR count). The van der Waals surface area contributed by atoms with Crippen LogP contribution in [0.15, 0.2) is 23.1 Å². The smallest absolute Gasteiger partial charge is 0.338 e. The Kier molecular flexibility index (Phi) is 6.02. The van der Waals surface area contributed by atoms with Crippen LogP contribution < -0.4 is 4.74 Å². The monoisotopic (exact) mass is 371 g/mol. The summed E-state index contributed by atoms with van der Waals surface area (Å²) in [5.41, 5.74) is 0.0908. The van der Waals surface area contributed by atoms with E-state index < -0.39 is 27.9 Å². The maximum Gasteiger partial charge on any atom is 0.338 e. The molecule has 1 aromatic carbocycles. The lowest BCUT2D eigenvalue weighted by Crippen LogP contribution is -2.42. The molecule has 25 heavy (non-hydrogen) atoms. The van der Waals surface area contributed by atoms with E-state index in [4.69, 9.17) is 14.6 Å². The quantitative estimate of drug-likeness (QED) is 0.752. The Bertz CT molecular complexity index is 760. The number of hydrogen-bond acceptors (Lipinski definition) is 6. The number of aliphatic carboxylic acids is 1. The highest BCUT2D eigenvalue weighted by atomic mass is 32.2. The molecule has 1 N–H and O–H groups in total. The zero-order chi connectivity index (χ0) is 18.6. The van der Waals surface area contributed by atoms with Crippen molar-refractivity contribution >= 4 is 22.0 Å². The molecular weight excluding hydrogens is 350 g/mol. The van der Waals surface area contributed by atoms with Gasteiger partial charge in [-0.15, -0.1) is 0 Å². The van der Waals surface area contributed by atoms with Crippen molar-refractivity contribution < 1.29 is 32.6 Å². The number of hydrogen-bond donors (Lipinski definition) is 1. The summed E-state index contributed by atoms with van der Waals surface area (Å²) in [6, 6.07) is 4.01. The normalized spacial score (nSPS) is 18.6. The highest BCUT2D eigenvalue weighted by molar-refractivity contribution is 7.89. The van der Waals surface area contributed by atoms with Crippen molar-refractivity contribution in [2.24, 2.45) is 5.92 Å². The first-order valence-corrected chi connectivity index (χ1v) is 9.33. The minimum atomic E-state index is -4.00. The second kappa shape index (κ2) is 7.83. The zero-order valence-electron chi connectivity index (χ0n) is 14.1. The lowest BCUT2D eigenvalue weighted by molar-refractivity contribution is -0.142. The molecule has 1 aromatic rings. The molecule has 0 spiro atoms. The van der Waals surface area contributed by atoms with Gasteiger partial charge in [0.25, 0.3) is 0 Å². The van der Waals surface area contributed by atoms with Gasteiger partial charge in [-0.3, -0.25) is 4.79 Å². The Morgan fingerprint density at radius 1 is 1.36 bits per heavy atom. The molecule has 1 fully saturated rings. The average Bonchev–Trinajstić information content (AvgIpc) is 2.61. The number of carboxylic acids is 1. The maximum atomic E-state index is 13.0. The third-order valence-corrected chi connectivity index (χ3v) is 5.91. The van der Waals surface area contributed by atoms with Crippen molar-refractivity contribution in [3.63, 3.8) is 0 Å². The van der Waals surface area contributed by atoms with E-state index in [-0.39, 0.29) is 35.9 Å². The van der Waals surface area contributed by atoms with Crippen LogP contribution in [0.1, 0.15) is 30.1 Å². The van der Waals surface area contributed by atoms with E-state index >= 15 is 0 Å². The molecule has 8 nitrogen and oxygen atoms in total. The number of ether oxygens (including phenoxy) is 2. The predicted octanol–water partition coefficient (Wildman–Crippen LogP) is 1.36. The highest BCUT2D eigenvalue weighted by Crippen LogP contribution is 2.31. The summed E-state index contributed by atoms with van der Waals surface area (Å²) in [7, 11) is -2.68. The second-order valence-corrected chi connectivity index (χ2v) is 7.53. The molecule has 9 heteroatoms. The van der Waals surface area contributed by atoms with Crippen LogP contribution in [0.4, 0.5) is 0 Å². The fraction of sp³-hybridized carbons (Fsp3) is 0.500. The molecule has 0 bridgehead atoms. The predicted molar refractivity (Wildman–Crippen MR) is 88.1 cm³/mol. The van der Waals surface area contributed by atoms with Crippen LogP contribution in [0.2, 0.25) is 0 Å². The van der Waals surface area contributed by atoms with Gasteiger partial charge in [0.1, 0.15) is 10.6 Å². The number of sulfonamides is 1. The van der Waals surface area contributed by atoms with E-state index in [1.54, 1.807) is 6.92 Å². The molecule has 0 aromatic heterocycles. The summed E-state index contributed by atoms with van der Waals surface area (Å²) in [6.45, 7) is 1.93. The van der Waals surface area contributed by atoms with Crippen molar-refractivity contribution in [1.82, 2.24) is 4.31 Å². The summed E-state index contributed by atoms with van der Waals surface area (Å²) in [5.74, 6) is -2.32. The second-order valence-electron chi connectivity index (χ2n) is 5.63. The van der Waals surface area contributed by atoms with Crippen LogP contribution >= 0.6 is 0 Å². The molecule has 1 heterocycles. The first-order valence-electron chi connectivity index (χ1n) is 7.89.